The lowest BCUT2D eigenvalue weighted by Gasteiger charge is -2.22. The molecule has 0 fully saturated rings. The molecule has 0 atom stereocenters. The van der Waals surface area contributed by atoms with Crippen LogP contribution in [0.2, 0.25) is 5.02 Å². The molecule has 0 saturated heterocycles. The van der Waals surface area contributed by atoms with Crippen molar-refractivity contribution in [3.05, 3.63) is 88.4 Å². The zero-order valence-electron chi connectivity index (χ0n) is 17.8. The molecule has 0 spiro atoms. The summed E-state index contributed by atoms with van der Waals surface area (Å²) in [6, 6.07) is 18.5. The maximum Gasteiger partial charge on any atom is 0.261 e. The van der Waals surface area contributed by atoms with Crippen LogP contribution in [-0.2, 0) is 27.8 Å². The molecule has 0 radical (unpaired) electrons. The molecule has 0 aromatic heterocycles. The lowest BCUT2D eigenvalue weighted by atomic mass is 10.1. The first-order valence-electron chi connectivity index (χ1n) is 10.3. The smallest absolute Gasteiger partial charge is 0.261 e. The van der Waals surface area contributed by atoms with Crippen LogP contribution in [0.4, 0.5) is 11.4 Å². The largest absolute Gasteiger partial charge is 0.335 e. The molecule has 170 valence electrons. The average molecular weight is 484 g/mol. The van der Waals surface area contributed by atoms with Gasteiger partial charge < -0.3 is 10.2 Å². The highest BCUT2D eigenvalue weighted by atomic mass is 35.5. The normalized spacial score (nSPS) is 12.7. The van der Waals surface area contributed by atoms with E-state index in [9.17, 15) is 18.0 Å². The summed E-state index contributed by atoms with van der Waals surface area (Å²) in [5, 5.41) is 2.91. The van der Waals surface area contributed by atoms with Crippen molar-refractivity contribution in [2.24, 2.45) is 0 Å². The number of fused-ring (bicyclic) bond motifs is 1. The van der Waals surface area contributed by atoms with Gasteiger partial charge in [-0.25, -0.2) is 8.42 Å². The van der Waals surface area contributed by atoms with Gasteiger partial charge in [-0.1, -0.05) is 41.9 Å². The number of nitrogens with zero attached hydrogens (tertiary/aromatic N) is 1. The summed E-state index contributed by atoms with van der Waals surface area (Å²) in [6.07, 6.45) is 0.132. The number of nitrogens with one attached hydrogen (secondary N) is 2. The van der Waals surface area contributed by atoms with E-state index in [0.29, 0.717) is 24.3 Å². The summed E-state index contributed by atoms with van der Waals surface area (Å²) in [7, 11) is -3.94. The van der Waals surface area contributed by atoms with Gasteiger partial charge in [-0.2, -0.15) is 0 Å². The Bertz CT molecular complexity index is 1330. The molecule has 7 nitrogen and oxygen atoms in total. The molecular formula is C24H22ClN3O4S. The molecule has 9 heteroatoms. The molecule has 3 aromatic rings. The standard InChI is InChI=1S/C24H22ClN3O4S/c1-2-28(15-16-6-4-3-5-7-16)24(30)20-14-18(8-10-21(20)25)27-33(31,32)19-9-11-22-17(12-19)13-23(29)26-22/h3-12,14,27H,2,13,15H2,1H3,(H,26,29). The minimum atomic E-state index is -3.94. The quantitative estimate of drug-likeness (QED) is 0.523. The van der Waals surface area contributed by atoms with E-state index in [1.165, 1.54) is 30.3 Å². The van der Waals surface area contributed by atoms with Gasteiger partial charge in [0.2, 0.25) is 5.91 Å². The molecule has 1 aliphatic heterocycles. The fourth-order valence-corrected chi connectivity index (χ4v) is 4.94. The summed E-state index contributed by atoms with van der Waals surface area (Å²) >= 11 is 6.30. The third kappa shape index (κ3) is 5.02. The van der Waals surface area contributed by atoms with Gasteiger partial charge in [-0.3, -0.25) is 14.3 Å². The average Bonchev–Trinajstić information content (AvgIpc) is 3.18. The lowest BCUT2D eigenvalue weighted by molar-refractivity contribution is -0.115. The summed E-state index contributed by atoms with van der Waals surface area (Å²) in [5.74, 6) is -0.473. The Balaban J connectivity index is 1.57. The van der Waals surface area contributed by atoms with Gasteiger partial charge >= 0.3 is 0 Å². The Hall–Kier alpha value is -3.36. The van der Waals surface area contributed by atoms with Crippen molar-refractivity contribution in [1.29, 1.82) is 0 Å². The summed E-state index contributed by atoms with van der Waals surface area (Å²) < 4.78 is 28.4. The highest BCUT2D eigenvalue weighted by molar-refractivity contribution is 7.92. The first kappa shape index (κ1) is 22.8. The molecule has 0 saturated carbocycles. The van der Waals surface area contributed by atoms with Crippen LogP contribution in [0.1, 0.15) is 28.4 Å². The first-order valence-corrected chi connectivity index (χ1v) is 12.2. The fraction of sp³-hybridized carbons (Fsp3) is 0.167. The molecule has 0 aliphatic carbocycles. The van der Waals surface area contributed by atoms with Crippen LogP contribution in [0.5, 0.6) is 0 Å². The summed E-state index contributed by atoms with van der Waals surface area (Å²) in [4.78, 5) is 26.4. The Labute approximate surface area is 197 Å². The number of sulfonamides is 1. The van der Waals surface area contributed by atoms with E-state index in [1.54, 1.807) is 11.0 Å². The Kier molecular flexibility index (Phi) is 6.40. The van der Waals surface area contributed by atoms with Gasteiger partial charge in [0, 0.05) is 24.5 Å². The highest BCUT2D eigenvalue weighted by Crippen LogP contribution is 2.28. The van der Waals surface area contributed by atoms with Crippen molar-refractivity contribution in [3.8, 4) is 0 Å². The minimum Gasteiger partial charge on any atom is -0.335 e. The van der Waals surface area contributed by atoms with Crippen LogP contribution in [0.25, 0.3) is 0 Å². The monoisotopic (exact) mass is 483 g/mol. The van der Waals surface area contributed by atoms with Crippen molar-refractivity contribution in [3.63, 3.8) is 0 Å². The molecular weight excluding hydrogens is 462 g/mol. The van der Waals surface area contributed by atoms with Crippen LogP contribution in [0, 0.1) is 0 Å². The SMILES string of the molecule is CCN(Cc1ccccc1)C(=O)c1cc(NS(=O)(=O)c2ccc3c(c2)CC(=O)N3)ccc1Cl. The van der Waals surface area contributed by atoms with Crippen LogP contribution in [0.15, 0.2) is 71.6 Å². The van der Waals surface area contributed by atoms with Gasteiger partial charge in [0.1, 0.15) is 0 Å². The molecule has 33 heavy (non-hydrogen) atoms. The van der Waals surface area contributed by atoms with Crippen molar-refractivity contribution in [2.45, 2.75) is 24.8 Å². The molecule has 4 rings (SSSR count). The maximum atomic E-state index is 13.2. The van der Waals surface area contributed by atoms with E-state index < -0.39 is 10.0 Å². The van der Waals surface area contributed by atoms with E-state index in [2.05, 4.69) is 10.0 Å². The van der Waals surface area contributed by atoms with Crippen molar-refractivity contribution in [1.82, 2.24) is 4.90 Å². The van der Waals surface area contributed by atoms with E-state index in [1.807, 2.05) is 37.3 Å². The van der Waals surface area contributed by atoms with Gasteiger partial charge in [-0.15, -0.1) is 0 Å². The number of carbonyl (C=O) groups excluding carboxylic acids is 2. The number of hydrogen-bond donors (Lipinski definition) is 2. The molecule has 0 bridgehead atoms. The number of rotatable bonds is 7. The number of carbonyl (C=O) groups is 2. The zero-order valence-corrected chi connectivity index (χ0v) is 19.4. The second-order valence-corrected chi connectivity index (χ2v) is 9.74. The predicted molar refractivity (Wildman–Crippen MR) is 128 cm³/mol. The molecule has 0 unspecified atom stereocenters. The van der Waals surface area contributed by atoms with Crippen molar-refractivity contribution >= 4 is 44.8 Å². The molecule has 2 N–H and O–H groups in total. The Morgan fingerprint density at radius 2 is 1.85 bits per heavy atom. The second kappa shape index (κ2) is 9.25. The van der Waals surface area contributed by atoms with Crippen LogP contribution >= 0.6 is 11.6 Å². The summed E-state index contributed by atoms with van der Waals surface area (Å²) in [5.41, 5.74) is 2.63. The van der Waals surface area contributed by atoms with E-state index in [0.717, 1.165) is 5.56 Å². The topological polar surface area (TPSA) is 95.6 Å². The molecule has 2 amide bonds. The summed E-state index contributed by atoms with van der Waals surface area (Å²) in [6.45, 7) is 2.74. The number of amides is 2. The van der Waals surface area contributed by atoms with Gasteiger partial charge in [-0.05, 0) is 54.4 Å². The van der Waals surface area contributed by atoms with Crippen LogP contribution in [-0.4, -0.2) is 31.7 Å². The van der Waals surface area contributed by atoms with E-state index in [-0.39, 0.29) is 39.4 Å². The van der Waals surface area contributed by atoms with Gasteiger partial charge in [0.05, 0.1) is 21.9 Å². The number of halogens is 1. The van der Waals surface area contributed by atoms with E-state index in [4.69, 9.17) is 11.6 Å². The van der Waals surface area contributed by atoms with Crippen molar-refractivity contribution < 1.29 is 18.0 Å². The van der Waals surface area contributed by atoms with Crippen LogP contribution in [0.3, 0.4) is 0 Å². The van der Waals surface area contributed by atoms with Crippen LogP contribution < -0.4 is 10.0 Å². The van der Waals surface area contributed by atoms with E-state index >= 15 is 0 Å². The van der Waals surface area contributed by atoms with Crippen molar-refractivity contribution in [2.75, 3.05) is 16.6 Å². The first-order chi connectivity index (χ1) is 15.8. The number of hydrogen-bond acceptors (Lipinski definition) is 4. The third-order valence-corrected chi connectivity index (χ3v) is 7.05. The van der Waals surface area contributed by atoms with Gasteiger partial charge in [0.25, 0.3) is 15.9 Å². The number of benzene rings is 3. The lowest BCUT2D eigenvalue weighted by Crippen LogP contribution is -2.30. The maximum absolute atomic E-state index is 13.2. The minimum absolute atomic E-state index is 0.0276. The third-order valence-electron chi connectivity index (χ3n) is 5.35. The number of anilines is 2. The molecule has 1 aliphatic rings. The molecule has 3 aromatic carbocycles. The Morgan fingerprint density at radius 1 is 1.09 bits per heavy atom. The highest BCUT2D eigenvalue weighted by Gasteiger charge is 2.23. The second-order valence-electron chi connectivity index (χ2n) is 7.65. The fourth-order valence-electron chi connectivity index (χ4n) is 3.64. The predicted octanol–water partition coefficient (Wildman–Crippen LogP) is 4.30. The molecule has 1 heterocycles. The Morgan fingerprint density at radius 3 is 2.58 bits per heavy atom. The van der Waals surface area contributed by atoms with Gasteiger partial charge in [0.15, 0.2) is 0 Å². The zero-order chi connectivity index (χ0) is 23.6.